The molecule has 0 heterocycles. The predicted octanol–water partition coefficient (Wildman–Crippen LogP) is -3.10. The maximum absolute atomic E-state index is 8.44. The highest BCUT2D eigenvalue weighted by molar-refractivity contribution is 4.67. The van der Waals surface area contributed by atoms with Crippen LogP contribution in [-0.2, 0) is 0 Å². The zero-order chi connectivity index (χ0) is 6.78. The van der Waals surface area contributed by atoms with E-state index >= 15 is 0 Å². The lowest BCUT2D eigenvalue weighted by atomic mass is 10.3. The van der Waals surface area contributed by atoms with Crippen LogP contribution in [0.2, 0.25) is 0 Å². The second-order valence-corrected chi connectivity index (χ2v) is 1.53. The Morgan fingerprint density at radius 1 is 1.50 bits per heavy atom. The lowest BCUT2D eigenvalue weighted by Gasteiger charge is -2.20. The lowest BCUT2D eigenvalue weighted by molar-refractivity contribution is -0.217. The van der Waals surface area contributed by atoms with Gasteiger partial charge in [-0.2, -0.15) is 0 Å². The lowest BCUT2D eigenvalue weighted by Crippen LogP contribution is -2.53. The molecule has 0 spiro atoms. The van der Waals surface area contributed by atoms with Crippen LogP contribution in [0.15, 0.2) is 0 Å². The van der Waals surface area contributed by atoms with Gasteiger partial charge in [0.25, 0.3) is 0 Å². The summed E-state index contributed by atoms with van der Waals surface area (Å²) < 4.78 is 0. The number of aliphatic hydroxyl groups is 3. The largest absolute Gasteiger partial charge is 0.385 e. The maximum atomic E-state index is 8.44. The van der Waals surface area contributed by atoms with Gasteiger partial charge in [-0.15, -0.1) is 0 Å². The zero-order valence-electron chi connectivity index (χ0n) is 4.28. The van der Waals surface area contributed by atoms with Gasteiger partial charge in [0.1, 0.15) is 6.10 Å². The van der Waals surface area contributed by atoms with Crippen LogP contribution in [0.4, 0.5) is 0 Å². The molecule has 0 bridgehead atoms. The van der Waals surface area contributed by atoms with E-state index in [1.165, 1.54) is 0 Å². The minimum atomic E-state index is -2.56. The quantitative estimate of drug-likeness (QED) is 0.249. The summed E-state index contributed by atoms with van der Waals surface area (Å²) in [6.07, 6.45) is -1.48. The van der Waals surface area contributed by atoms with Gasteiger partial charge in [-0.05, 0) is 0 Å². The first-order chi connectivity index (χ1) is 3.48. The van der Waals surface area contributed by atoms with Crippen LogP contribution in [-0.4, -0.2) is 33.9 Å². The van der Waals surface area contributed by atoms with Crippen molar-refractivity contribution in [3.63, 3.8) is 0 Å². The van der Waals surface area contributed by atoms with Crippen molar-refractivity contribution in [2.45, 2.75) is 12.0 Å². The fraction of sp³-hybridized carbons (Fsp3) is 1.00. The van der Waals surface area contributed by atoms with Gasteiger partial charge >= 0.3 is 0 Å². The van der Waals surface area contributed by atoms with Crippen LogP contribution >= 0.6 is 0 Å². The Morgan fingerprint density at radius 3 is 1.88 bits per heavy atom. The van der Waals surface area contributed by atoms with E-state index in [-0.39, 0.29) is 6.54 Å². The maximum Gasteiger partial charge on any atom is 0.248 e. The summed E-state index contributed by atoms with van der Waals surface area (Å²) in [6.45, 7) is -0.274. The fourth-order valence-electron chi connectivity index (χ4n) is 0.173. The van der Waals surface area contributed by atoms with Crippen molar-refractivity contribution in [3.05, 3.63) is 0 Å². The van der Waals surface area contributed by atoms with Crippen molar-refractivity contribution >= 4 is 0 Å². The Balaban J connectivity index is 3.62. The fourth-order valence-corrected chi connectivity index (χ4v) is 0.173. The third-order valence-corrected chi connectivity index (χ3v) is 0.714. The molecule has 0 aromatic rings. The third-order valence-electron chi connectivity index (χ3n) is 0.714. The predicted molar refractivity (Wildman–Crippen MR) is 26.4 cm³/mol. The van der Waals surface area contributed by atoms with Gasteiger partial charge in [0, 0.05) is 6.54 Å². The molecule has 0 aliphatic carbocycles. The van der Waals surface area contributed by atoms with E-state index in [1.54, 1.807) is 0 Å². The molecule has 0 aliphatic rings. The molecule has 0 amide bonds. The molecule has 5 heteroatoms. The van der Waals surface area contributed by atoms with Crippen LogP contribution in [0.25, 0.3) is 0 Å². The molecule has 50 valence electrons. The summed E-state index contributed by atoms with van der Waals surface area (Å²) in [5, 5.41) is 25.0. The van der Waals surface area contributed by atoms with Crippen LogP contribution in [0.3, 0.4) is 0 Å². The Hall–Kier alpha value is -0.200. The monoisotopic (exact) mass is 122 g/mol. The topological polar surface area (TPSA) is 113 Å². The molecule has 0 aliphatic heterocycles. The minimum Gasteiger partial charge on any atom is -0.385 e. The van der Waals surface area contributed by atoms with Crippen LogP contribution < -0.4 is 11.5 Å². The Morgan fingerprint density at radius 2 is 1.88 bits per heavy atom. The molecular weight excluding hydrogens is 112 g/mol. The van der Waals surface area contributed by atoms with E-state index in [4.69, 9.17) is 21.1 Å². The van der Waals surface area contributed by atoms with Crippen molar-refractivity contribution < 1.29 is 15.3 Å². The molecule has 1 atom stereocenters. The number of rotatable bonds is 2. The molecule has 0 aromatic carbocycles. The molecule has 5 nitrogen and oxygen atoms in total. The molecular formula is C3H10N2O3. The van der Waals surface area contributed by atoms with Gasteiger partial charge in [0.15, 0.2) is 0 Å². The van der Waals surface area contributed by atoms with Crippen molar-refractivity contribution in [2.75, 3.05) is 6.54 Å². The molecule has 1 unspecified atom stereocenters. The first-order valence-corrected chi connectivity index (χ1v) is 2.10. The van der Waals surface area contributed by atoms with E-state index in [1.807, 2.05) is 0 Å². The highest BCUT2D eigenvalue weighted by Crippen LogP contribution is 1.93. The van der Waals surface area contributed by atoms with Gasteiger partial charge < -0.3 is 21.1 Å². The van der Waals surface area contributed by atoms with Crippen molar-refractivity contribution in [2.24, 2.45) is 11.5 Å². The summed E-state index contributed by atoms with van der Waals surface area (Å²) >= 11 is 0. The van der Waals surface area contributed by atoms with Crippen molar-refractivity contribution in [3.8, 4) is 0 Å². The Kier molecular flexibility index (Phi) is 2.32. The Labute approximate surface area is 46.5 Å². The first-order valence-electron chi connectivity index (χ1n) is 2.10. The summed E-state index contributed by atoms with van der Waals surface area (Å²) in [7, 11) is 0. The summed E-state index contributed by atoms with van der Waals surface area (Å²) in [4.78, 5) is 0. The van der Waals surface area contributed by atoms with E-state index in [2.05, 4.69) is 5.73 Å². The number of hydrogen-bond donors (Lipinski definition) is 5. The molecule has 0 saturated carbocycles. The van der Waals surface area contributed by atoms with E-state index in [0.29, 0.717) is 0 Å². The molecule has 0 rings (SSSR count). The zero-order valence-corrected chi connectivity index (χ0v) is 4.28. The van der Waals surface area contributed by atoms with E-state index in [9.17, 15) is 0 Å². The number of hydrogen-bond acceptors (Lipinski definition) is 5. The van der Waals surface area contributed by atoms with Crippen LogP contribution in [0.1, 0.15) is 0 Å². The third kappa shape index (κ3) is 2.20. The normalized spacial score (nSPS) is 16.1. The van der Waals surface area contributed by atoms with Crippen molar-refractivity contribution in [1.29, 1.82) is 0 Å². The highest BCUT2D eigenvalue weighted by atomic mass is 16.5. The second kappa shape index (κ2) is 2.38. The van der Waals surface area contributed by atoms with Crippen LogP contribution in [0, 0.1) is 0 Å². The van der Waals surface area contributed by atoms with Crippen molar-refractivity contribution in [1.82, 2.24) is 0 Å². The van der Waals surface area contributed by atoms with Crippen LogP contribution in [0.5, 0.6) is 0 Å². The molecule has 0 aromatic heterocycles. The Bertz CT molecular complexity index is 69.4. The van der Waals surface area contributed by atoms with Gasteiger partial charge in [0.05, 0.1) is 0 Å². The van der Waals surface area contributed by atoms with E-state index < -0.39 is 12.0 Å². The molecule has 0 radical (unpaired) electrons. The minimum absolute atomic E-state index is 0.274. The number of aliphatic hydroxyl groups excluding tert-OH is 1. The summed E-state index contributed by atoms with van der Waals surface area (Å²) in [5.41, 5.74) is 9.38. The summed E-state index contributed by atoms with van der Waals surface area (Å²) in [5.74, 6) is -2.56. The first kappa shape index (κ1) is 7.80. The average Bonchev–Trinajstić information content (AvgIpc) is 1.62. The molecule has 0 saturated heterocycles. The summed E-state index contributed by atoms with van der Waals surface area (Å²) in [6, 6.07) is 0. The van der Waals surface area contributed by atoms with E-state index in [0.717, 1.165) is 0 Å². The smallest absolute Gasteiger partial charge is 0.248 e. The molecule has 7 N–H and O–H groups in total. The number of nitrogens with two attached hydrogens (primary N) is 2. The van der Waals surface area contributed by atoms with Gasteiger partial charge in [-0.3, -0.25) is 5.73 Å². The van der Waals surface area contributed by atoms with Gasteiger partial charge in [0.2, 0.25) is 5.91 Å². The second-order valence-electron chi connectivity index (χ2n) is 1.53. The standard InChI is InChI=1S/C3H10N2O3/c4-1-2(6)3(5,7)8/h2,6-8H,1,4-5H2. The molecule has 8 heavy (non-hydrogen) atoms. The highest BCUT2D eigenvalue weighted by Gasteiger charge is 2.25. The SMILES string of the molecule is NCC(O)C(N)(O)O. The molecule has 0 fully saturated rings. The van der Waals surface area contributed by atoms with Gasteiger partial charge in [-0.1, -0.05) is 0 Å². The average molecular weight is 122 g/mol. The van der Waals surface area contributed by atoms with Gasteiger partial charge in [-0.25, -0.2) is 0 Å².